The fourth-order valence-corrected chi connectivity index (χ4v) is 3.00. The maximum atomic E-state index is 12.1. The first kappa shape index (κ1) is 15.7. The number of rotatable bonds is 6. The third kappa shape index (κ3) is 4.41. The van der Waals surface area contributed by atoms with Crippen molar-refractivity contribution in [2.45, 2.75) is 31.7 Å². The topological polar surface area (TPSA) is 55.1 Å². The van der Waals surface area contributed by atoms with Crippen LogP contribution in [0.15, 0.2) is 47.8 Å². The highest BCUT2D eigenvalue weighted by Crippen LogP contribution is 2.26. The fraction of sp³-hybridized carbons (Fsp3) is 0.353. The van der Waals surface area contributed by atoms with E-state index in [9.17, 15) is 4.79 Å². The second-order valence-electron chi connectivity index (χ2n) is 5.88. The Labute approximate surface area is 130 Å². The van der Waals surface area contributed by atoms with Crippen LogP contribution in [-0.4, -0.2) is 18.5 Å². The van der Waals surface area contributed by atoms with E-state index in [2.05, 4.69) is 30.6 Å². The second-order valence-corrected chi connectivity index (χ2v) is 6.82. The summed E-state index contributed by atoms with van der Waals surface area (Å²) < 4.78 is 0. The third-order valence-corrected chi connectivity index (χ3v) is 4.76. The van der Waals surface area contributed by atoms with Crippen LogP contribution in [0.3, 0.4) is 0 Å². The molecule has 3 nitrogen and oxygen atoms in total. The third-order valence-electron chi connectivity index (χ3n) is 3.53. The molecular weight excluding hydrogens is 280 g/mol. The van der Waals surface area contributed by atoms with Crippen LogP contribution < -0.4 is 11.1 Å². The van der Waals surface area contributed by atoms with Crippen molar-refractivity contribution < 1.29 is 4.79 Å². The summed E-state index contributed by atoms with van der Waals surface area (Å²) in [5.41, 5.74) is 7.00. The zero-order valence-corrected chi connectivity index (χ0v) is 13.3. The van der Waals surface area contributed by atoms with Crippen LogP contribution in [0.5, 0.6) is 0 Å². The quantitative estimate of drug-likeness (QED) is 0.862. The van der Waals surface area contributed by atoms with E-state index in [1.54, 1.807) is 11.3 Å². The minimum Gasteiger partial charge on any atom is -0.354 e. The van der Waals surface area contributed by atoms with Crippen LogP contribution >= 0.6 is 11.3 Å². The van der Waals surface area contributed by atoms with Gasteiger partial charge in [-0.25, -0.2) is 0 Å². The van der Waals surface area contributed by atoms with Gasteiger partial charge in [0.25, 0.3) is 0 Å². The molecule has 0 spiro atoms. The van der Waals surface area contributed by atoms with Crippen LogP contribution in [0.25, 0.3) is 0 Å². The Balaban J connectivity index is 1.87. The van der Waals surface area contributed by atoms with Crippen molar-refractivity contribution in [3.8, 4) is 0 Å². The van der Waals surface area contributed by atoms with Crippen LogP contribution in [0.2, 0.25) is 0 Å². The Morgan fingerprint density at radius 2 is 1.95 bits per heavy atom. The van der Waals surface area contributed by atoms with Gasteiger partial charge in [-0.05, 0) is 23.4 Å². The standard InChI is InChI=1S/C17H22N2OS/c1-17(2,15-9-6-10-21-15)12-19-16(20)14(18)11-13-7-4-3-5-8-13/h3-10,14H,11-12,18H2,1-2H3,(H,19,20)/t14-/m1/s1. The molecule has 112 valence electrons. The highest BCUT2D eigenvalue weighted by molar-refractivity contribution is 7.10. The molecule has 2 aromatic rings. The molecule has 1 atom stereocenters. The Hall–Kier alpha value is -1.65. The summed E-state index contributed by atoms with van der Waals surface area (Å²) in [5, 5.41) is 5.03. The molecule has 0 saturated heterocycles. The summed E-state index contributed by atoms with van der Waals surface area (Å²) in [4.78, 5) is 13.4. The van der Waals surface area contributed by atoms with Crippen LogP contribution in [0, 0.1) is 0 Å². The van der Waals surface area contributed by atoms with E-state index in [1.165, 1.54) is 4.88 Å². The van der Waals surface area contributed by atoms with E-state index in [-0.39, 0.29) is 11.3 Å². The molecule has 0 bridgehead atoms. The van der Waals surface area contributed by atoms with Gasteiger partial charge in [-0.1, -0.05) is 50.2 Å². The number of carbonyl (C=O) groups is 1. The smallest absolute Gasteiger partial charge is 0.237 e. The maximum Gasteiger partial charge on any atom is 0.237 e. The molecule has 2 rings (SSSR count). The Bertz CT molecular complexity index is 564. The predicted octanol–water partition coefficient (Wildman–Crippen LogP) is 2.71. The van der Waals surface area contributed by atoms with Crippen molar-refractivity contribution in [3.05, 3.63) is 58.3 Å². The van der Waals surface area contributed by atoms with E-state index in [0.717, 1.165) is 5.56 Å². The maximum absolute atomic E-state index is 12.1. The molecule has 3 N–H and O–H groups in total. The number of benzene rings is 1. The zero-order chi connectivity index (χ0) is 15.3. The van der Waals surface area contributed by atoms with E-state index >= 15 is 0 Å². The van der Waals surface area contributed by atoms with Crippen molar-refractivity contribution in [1.29, 1.82) is 0 Å². The second kappa shape index (κ2) is 6.87. The first-order chi connectivity index (χ1) is 9.99. The minimum atomic E-state index is -0.508. The molecule has 1 aromatic carbocycles. The molecule has 0 saturated carbocycles. The van der Waals surface area contributed by atoms with Gasteiger partial charge in [0.05, 0.1) is 6.04 Å². The van der Waals surface area contributed by atoms with E-state index < -0.39 is 6.04 Å². The van der Waals surface area contributed by atoms with Gasteiger partial charge in [-0.2, -0.15) is 0 Å². The summed E-state index contributed by atoms with van der Waals surface area (Å²) in [6.07, 6.45) is 0.562. The van der Waals surface area contributed by atoms with Gasteiger partial charge in [0.15, 0.2) is 0 Å². The molecule has 0 aliphatic rings. The lowest BCUT2D eigenvalue weighted by Gasteiger charge is -2.24. The number of thiophene rings is 1. The van der Waals surface area contributed by atoms with Gasteiger partial charge in [0, 0.05) is 16.8 Å². The SMILES string of the molecule is CC(C)(CNC(=O)[C@H](N)Cc1ccccc1)c1cccs1. The first-order valence-electron chi connectivity index (χ1n) is 7.10. The molecule has 21 heavy (non-hydrogen) atoms. The van der Waals surface area contributed by atoms with Crippen molar-refractivity contribution in [2.75, 3.05) is 6.54 Å². The van der Waals surface area contributed by atoms with Crippen molar-refractivity contribution in [1.82, 2.24) is 5.32 Å². The number of carbonyl (C=O) groups excluding carboxylic acids is 1. The monoisotopic (exact) mass is 302 g/mol. The summed E-state index contributed by atoms with van der Waals surface area (Å²) in [6.45, 7) is 4.85. The summed E-state index contributed by atoms with van der Waals surface area (Å²) >= 11 is 1.71. The summed E-state index contributed by atoms with van der Waals surface area (Å²) in [5.74, 6) is -0.0940. The van der Waals surface area contributed by atoms with Gasteiger partial charge < -0.3 is 11.1 Å². The largest absolute Gasteiger partial charge is 0.354 e. The van der Waals surface area contributed by atoms with Gasteiger partial charge in [0.1, 0.15) is 0 Å². The zero-order valence-electron chi connectivity index (χ0n) is 12.5. The van der Waals surface area contributed by atoms with Crippen LogP contribution in [-0.2, 0) is 16.6 Å². The summed E-state index contributed by atoms with van der Waals surface area (Å²) in [7, 11) is 0. The minimum absolute atomic E-state index is 0.0731. The lowest BCUT2D eigenvalue weighted by Crippen LogP contribution is -2.46. The van der Waals surface area contributed by atoms with Crippen molar-refractivity contribution in [2.24, 2.45) is 5.73 Å². The summed E-state index contributed by atoms with van der Waals surface area (Å²) in [6, 6.07) is 13.5. The van der Waals surface area contributed by atoms with E-state index in [4.69, 9.17) is 5.73 Å². The highest BCUT2D eigenvalue weighted by atomic mass is 32.1. The lowest BCUT2D eigenvalue weighted by molar-refractivity contribution is -0.122. The molecule has 0 aliphatic carbocycles. The molecule has 0 unspecified atom stereocenters. The number of hydrogen-bond acceptors (Lipinski definition) is 3. The Morgan fingerprint density at radius 3 is 2.57 bits per heavy atom. The number of nitrogens with two attached hydrogens (primary N) is 1. The van der Waals surface area contributed by atoms with Gasteiger partial charge in [-0.3, -0.25) is 4.79 Å². The van der Waals surface area contributed by atoms with E-state index in [1.807, 2.05) is 36.4 Å². The molecule has 4 heteroatoms. The first-order valence-corrected chi connectivity index (χ1v) is 7.98. The lowest BCUT2D eigenvalue weighted by atomic mass is 9.91. The molecular formula is C17H22N2OS. The van der Waals surface area contributed by atoms with Crippen LogP contribution in [0.4, 0.5) is 0 Å². The number of nitrogens with one attached hydrogen (secondary N) is 1. The van der Waals surface area contributed by atoms with Crippen LogP contribution in [0.1, 0.15) is 24.3 Å². The van der Waals surface area contributed by atoms with Crippen molar-refractivity contribution in [3.63, 3.8) is 0 Å². The van der Waals surface area contributed by atoms with Crippen molar-refractivity contribution >= 4 is 17.2 Å². The average molecular weight is 302 g/mol. The number of amides is 1. The van der Waals surface area contributed by atoms with Gasteiger partial charge >= 0.3 is 0 Å². The molecule has 1 heterocycles. The molecule has 0 fully saturated rings. The highest BCUT2D eigenvalue weighted by Gasteiger charge is 2.23. The number of hydrogen-bond donors (Lipinski definition) is 2. The predicted molar refractivity (Wildman–Crippen MR) is 88.5 cm³/mol. The molecule has 1 aromatic heterocycles. The Kier molecular flexibility index (Phi) is 5.15. The van der Waals surface area contributed by atoms with Gasteiger partial charge in [-0.15, -0.1) is 11.3 Å². The molecule has 0 radical (unpaired) electrons. The molecule has 0 aliphatic heterocycles. The normalized spacial score (nSPS) is 12.9. The Morgan fingerprint density at radius 1 is 1.24 bits per heavy atom. The average Bonchev–Trinajstić information content (AvgIpc) is 3.01. The van der Waals surface area contributed by atoms with Gasteiger partial charge in [0.2, 0.25) is 5.91 Å². The fourth-order valence-electron chi connectivity index (χ4n) is 2.15. The molecule has 1 amide bonds. The van der Waals surface area contributed by atoms with E-state index in [0.29, 0.717) is 13.0 Å².